The number of hydrogen-bond donors (Lipinski definition) is 4. The van der Waals surface area contributed by atoms with Gasteiger partial charge in [0.05, 0.1) is 28.7 Å². The Hall–Kier alpha value is -4.50. The van der Waals surface area contributed by atoms with Crippen LogP contribution in [0.4, 0.5) is 8.78 Å². The standard InChI is InChI=1S/C30H25ClF2N4O3/c31-25-5-3-17(11-24(25)30(34)40)22-2-1-7-35-29(22)27(10-16-8-19(32)13-20(33)9-16)37-28(39)12-18-15-36-26-6-4-21(38)14-23(18)26/h1-9,11,14-15,19,27,36,38H,10,12-13H2,(H2,34,40)(H,37,39). The molecule has 5 rings (SSSR count). The largest absolute Gasteiger partial charge is 0.508 e. The van der Waals surface area contributed by atoms with Gasteiger partial charge in [0, 0.05) is 35.3 Å². The van der Waals surface area contributed by atoms with Crippen LogP contribution in [0.1, 0.15) is 40.5 Å². The molecule has 2 atom stereocenters. The van der Waals surface area contributed by atoms with Crippen LogP contribution in [0, 0.1) is 0 Å². The number of rotatable bonds is 8. The van der Waals surface area contributed by atoms with Gasteiger partial charge < -0.3 is 21.1 Å². The number of nitrogens with zero attached hydrogens (tertiary/aromatic N) is 1. The lowest BCUT2D eigenvalue weighted by molar-refractivity contribution is -0.121. The molecule has 2 aromatic carbocycles. The third-order valence-corrected chi connectivity index (χ3v) is 7.05. The molecule has 5 N–H and O–H groups in total. The Kier molecular flexibility index (Phi) is 7.66. The summed E-state index contributed by atoms with van der Waals surface area (Å²) in [5, 5.41) is 13.8. The predicted molar refractivity (Wildman–Crippen MR) is 149 cm³/mol. The first-order valence-electron chi connectivity index (χ1n) is 12.5. The second-order valence-corrected chi connectivity index (χ2v) is 10.00. The molecule has 0 spiro atoms. The summed E-state index contributed by atoms with van der Waals surface area (Å²) in [6, 6.07) is 12.3. The van der Waals surface area contributed by atoms with Gasteiger partial charge in [-0.2, -0.15) is 0 Å². The predicted octanol–water partition coefficient (Wildman–Crippen LogP) is 6.00. The minimum absolute atomic E-state index is 0.0239. The van der Waals surface area contributed by atoms with Crippen LogP contribution in [0.15, 0.2) is 84.5 Å². The minimum atomic E-state index is -1.48. The third kappa shape index (κ3) is 5.89. The molecule has 10 heteroatoms. The number of carbonyl (C=O) groups is 2. The van der Waals surface area contributed by atoms with Crippen molar-refractivity contribution in [3.05, 3.63) is 106 Å². The van der Waals surface area contributed by atoms with Gasteiger partial charge >= 0.3 is 0 Å². The van der Waals surface area contributed by atoms with Gasteiger partial charge in [-0.25, -0.2) is 8.78 Å². The first-order valence-corrected chi connectivity index (χ1v) is 12.9. The van der Waals surface area contributed by atoms with Crippen LogP contribution in [-0.2, 0) is 11.2 Å². The Balaban J connectivity index is 1.51. The maximum absolute atomic E-state index is 14.2. The molecule has 2 amide bonds. The average molecular weight is 563 g/mol. The van der Waals surface area contributed by atoms with Crippen molar-refractivity contribution in [1.29, 1.82) is 0 Å². The highest BCUT2D eigenvalue weighted by Gasteiger charge is 2.25. The lowest BCUT2D eigenvalue weighted by Gasteiger charge is -2.23. The molecule has 1 aliphatic carbocycles. The molecule has 204 valence electrons. The molecule has 0 saturated carbocycles. The molecule has 2 aromatic heterocycles. The number of halogens is 3. The van der Waals surface area contributed by atoms with Crippen LogP contribution >= 0.6 is 11.6 Å². The number of pyridine rings is 1. The molecule has 2 unspecified atom stereocenters. The van der Waals surface area contributed by atoms with E-state index < -0.39 is 23.9 Å². The number of aromatic nitrogens is 2. The van der Waals surface area contributed by atoms with E-state index in [1.54, 1.807) is 60.9 Å². The van der Waals surface area contributed by atoms with Crippen LogP contribution in [0.3, 0.4) is 0 Å². The number of H-pyrrole nitrogens is 1. The summed E-state index contributed by atoms with van der Waals surface area (Å²) in [7, 11) is 0. The zero-order valence-electron chi connectivity index (χ0n) is 21.1. The Morgan fingerprint density at radius 3 is 2.83 bits per heavy atom. The quantitative estimate of drug-likeness (QED) is 0.210. The van der Waals surface area contributed by atoms with E-state index in [2.05, 4.69) is 15.3 Å². The molecule has 7 nitrogen and oxygen atoms in total. The molecule has 4 aromatic rings. The smallest absolute Gasteiger partial charge is 0.250 e. The highest BCUT2D eigenvalue weighted by Crippen LogP contribution is 2.34. The topological polar surface area (TPSA) is 121 Å². The fraction of sp³-hybridized carbons (Fsp3) is 0.167. The van der Waals surface area contributed by atoms with E-state index in [1.807, 2.05) is 0 Å². The molecule has 2 heterocycles. The fourth-order valence-corrected chi connectivity index (χ4v) is 5.13. The summed E-state index contributed by atoms with van der Waals surface area (Å²) in [6.07, 6.45) is 4.08. The van der Waals surface area contributed by atoms with Crippen molar-refractivity contribution in [2.75, 3.05) is 0 Å². The molecule has 40 heavy (non-hydrogen) atoms. The zero-order chi connectivity index (χ0) is 28.4. The lowest BCUT2D eigenvalue weighted by atomic mass is 9.92. The number of fused-ring (bicyclic) bond motifs is 1. The Labute approximate surface area is 233 Å². The number of nitrogens with one attached hydrogen (secondary N) is 2. The summed E-state index contributed by atoms with van der Waals surface area (Å²) in [5.74, 6) is -1.58. The third-order valence-electron chi connectivity index (χ3n) is 6.72. The van der Waals surface area contributed by atoms with Gasteiger partial charge in [0.1, 0.15) is 17.7 Å². The molecular formula is C30H25ClF2N4O3. The second kappa shape index (κ2) is 11.3. The number of nitrogens with two attached hydrogens (primary N) is 1. The number of amides is 2. The van der Waals surface area contributed by atoms with Crippen LogP contribution in [0.25, 0.3) is 22.0 Å². The van der Waals surface area contributed by atoms with E-state index in [9.17, 15) is 23.5 Å². The van der Waals surface area contributed by atoms with Crippen molar-refractivity contribution in [2.24, 2.45) is 5.73 Å². The molecular weight excluding hydrogens is 538 g/mol. The number of aromatic hydroxyl groups is 1. The van der Waals surface area contributed by atoms with Crippen molar-refractivity contribution in [2.45, 2.75) is 31.5 Å². The van der Waals surface area contributed by atoms with E-state index >= 15 is 0 Å². The zero-order valence-corrected chi connectivity index (χ0v) is 21.9. The summed E-state index contributed by atoms with van der Waals surface area (Å²) in [6.45, 7) is 0. The molecule has 0 saturated heterocycles. The average Bonchev–Trinajstić information content (AvgIpc) is 3.29. The van der Waals surface area contributed by atoms with Crippen molar-refractivity contribution < 1.29 is 23.5 Å². The number of primary amides is 1. The Bertz CT molecular complexity index is 1680. The Morgan fingerprint density at radius 2 is 2.05 bits per heavy atom. The maximum atomic E-state index is 14.2. The highest BCUT2D eigenvalue weighted by atomic mass is 35.5. The van der Waals surface area contributed by atoms with Gasteiger partial charge in [0.2, 0.25) is 11.8 Å². The molecule has 0 radical (unpaired) electrons. The van der Waals surface area contributed by atoms with Gasteiger partial charge in [-0.05, 0) is 71.7 Å². The second-order valence-electron chi connectivity index (χ2n) is 9.59. The van der Waals surface area contributed by atoms with Crippen molar-refractivity contribution >= 4 is 34.3 Å². The summed E-state index contributed by atoms with van der Waals surface area (Å²) >= 11 is 6.15. The van der Waals surface area contributed by atoms with Gasteiger partial charge in [-0.3, -0.25) is 14.6 Å². The highest BCUT2D eigenvalue weighted by molar-refractivity contribution is 6.33. The van der Waals surface area contributed by atoms with Gasteiger partial charge in [0.15, 0.2) is 0 Å². The summed E-state index contributed by atoms with van der Waals surface area (Å²) in [5.41, 5.74) is 9.01. The van der Waals surface area contributed by atoms with Crippen molar-refractivity contribution in [3.8, 4) is 16.9 Å². The summed E-state index contributed by atoms with van der Waals surface area (Å²) in [4.78, 5) is 32.9. The summed E-state index contributed by atoms with van der Waals surface area (Å²) < 4.78 is 28.3. The number of carbonyl (C=O) groups excluding carboxylic acids is 2. The molecule has 0 bridgehead atoms. The Morgan fingerprint density at radius 1 is 1.23 bits per heavy atom. The maximum Gasteiger partial charge on any atom is 0.250 e. The van der Waals surface area contributed by atoms with E-state index in [0.717, 1.165) is 5.52 Å². The van der Waals surface area contributed by atoms with E-state index in [-0.39, 0.29) is 41.5 Å². The van der Waals surface area contributed by atoms with Crippen molar-refractivity contribution in [3.63, 3.8) is 0 Å². The van der Waals surface area contributed by atoms with Gasteiger partial charge in [0.25, 0.3) is 0 Å². The lowest BCUT2D eigenvalue weighted by Crippen LogP contribution is -2.31. The normalized spacial score (nSPS) is 15.8. The number of benzene rings is 2. The fourth-order valence-electron chi connectivity index (χ4n) is 4.92. The number of phenols is 1. The molecule has 0 aliphatic heterocycles. The number of phenolic OH excluding ortho intramolecular Hbond substituents is 1. The van der Waals surface area contributed by atoms with E-state index in [0.29, 0.717) is 33.3 Å². The monoisotopic (exact) mass is 562 g/mol. The van der Waals surface area contributed by atoms with Crippen LogP contribution < -0.4 is 11.1 Å². The van der Waals surface area contributed by atoms with Crippen LogP contribution in [0.2, 0.25) is 5.02 Å². The van der Waals surface area contributed by atoms with E-state index in [4.69, 9.17) is 17.3 Å². The van der Waals surface area contributed by atoms with Crippen molar-refractivity contribution in [1.82, 2.24) is 15.3 Å². The molecule has 0 fully saturated rings. The van der Waals surface area contributed by atoms with E-state index in [1.165, 1.54) is 12.2 Å². The van der Waals surface area contributed by atoms with Gasteiger partial charge in [-0.15, -0.1) is 0 Å². The molecule has 1 aliphatic rings. The number of allylic oxidation sites excluding steroid dienone is 3. The van der Waals surface area contributed by atoms with Crippen LogP contribution in [0.5, 0.6) is 5.75 Å². The SMILES string of the molecule is NC(=O)c1cc(-c2cccnc2C(CC2=CC(F)CC(F)=C2)NC(=O)Cc2c[nH]c3ccc(O)cc23)ccc1Cl. The first-order chi connectivity index (χ1) is 19.2. The number of aromatic amines is 1. The van der Waals surface area contributed by atoms with Gasteiger partial charge in [-0.1, -0.05) is 23.7 Å². The minimum Gasteiger partial charge on any atom is -0.508 e. The number of hydrogen-bond acceptors (Lipinski definition) is 4. The number of alkyl halides is 1. The first kappa shape index (κ1) is 27.1. The van der Waals surface area contributed by atoms with Crippen LogP contribution in [-0.4, -0.2) is 33.1 Å².